The number of rotatable bonds is 5. The first-order chi connectivity index (χ1) is 8.06. The Morgan fingerprint density at radius 2 is 2.35 bits per heavy atom. The van der Waals surface area contributed by atoms with E-state index in [-0.39, 0.29) is 36.5 Å². The lowest BCUT2D eigenvalue weighted by atomic mass is 10.2. The molecule has 0 saturated heterocycles. The van der Waals surface area contributed by atoms with Gasteiger partial charge in [0.05, 0.1) is 12.5 Å². The van der Waals surface area contributed by atoms with Crippen molar-refractivity contribution in [3.8, 4) is 5.75 Å². The Bertz CT molecular complexity index is 392. The minimum absolute atomic E-state index is 0.0642. The number of aromatic nitrogens is 1. The lowest BCUT2D eigenvalue weighted by Crippen LogP contribution is -2.28. The van der Waals surface area contributed by atoms with E-state index in [0.717, 1.165) is 0 Å². The molecule has 1 atom stereocenters. The van der Waals surface area contributed by atoms with Crippen molar-refractivity contribution in [2.45, 2.75) is 19.4 Å². The third-order valence-electron chi connectivity index (χ3n) is 2.28. The van der Waals surface area contributed by atoms with Crippen LogP contribution in [0.25, 0.3) is 0 Å². The fraction of sp³-hybridized carbons (Fsp3) is 0.455. The van der Waals surface area contributed by atoms with E-state index >= 15 is 0 Å². The number of methoxy groups -OCH3 is 1. The molecule has 0 spiro atoms. The molecule has 0 fully saturated rings. The molecule has 94 valence electrons. The van der Waals surface area contributed by atoms with Crippen LogP contribution in [0.4, 0.5) is 5.82 Å². The van der Waals surface area contributed by atoms with Crippen LogP contribution in [0.1, 0.15) is 12.1 Å². The molecule has 1 unspecified atom stereocenters. The first-order valence-electron chi connectivity index (χ1n) is 5.26. The van der Waals surface area contributed by atoms with Gasteiger partial charge in [-0.3, -0.25) is 4.79 Å². The van der Waals surface area contributed by atoms with Gasteiger partial charge in [0, 0.05) is 19.3 Å². The number of amides is 1. The summed E-state index contributed by atoms with van der Waals surface area (Å²) < 4.78 is 4.99. The van der Waals surface area contributed by atoms with Crippen molar-refractivity contribution in [1.29, 1.82) is 0 Å². The van der Waals surface area contributed by atoms with Crippen LogP contribution in [0.5, 0.6) is 5.75 Å². The van der Waals surface area contributed by atoms with E-state index < -0.39 is 0 Å². The van der Waals surface area contributed by atoms with E-state index in [4.69, 9.17) is 10.5 Å². The van der Waals surface area contributed by atoms with Crippen LogP contribution in [0.3, 0.4) is 0 Å². The molecule has 0 saturated carbocycles. The summed E-state index contributed by atoms with van der Waals surface area (Å²) in [6.45, 7) is 2.03. The van der Waals surface area contributed by atoms with E-state index in [1.165, 1.54) is 13.2 Å². The second-order valence-corrected chi connectivity index (χ2v) is 3.67. The molecule has 0 aliphatic heterocycles. The van der Waals surface area contributed by atoms with Crippen molar-refractivity contribution < 1.29 is 14.6 Å². The lowest BCUT2D eigenvalue weighted by Gasteiger charge is -2.12. The monoisotopic (exact) mass is 239 g/mol. The maximum absolute atomic E-state index is 11.6. The maximum atomic E-state index is 11.6. The number of pyridine rings is 1. The Kier molecular flexibility index (Phi) is 4.86. The summed E-state index contributed by atoms with van der Waals surface area (Å²) in [6.07, 6.45) is -0.204. The van der Waals surface area contributed by atoms with Gasteiger partial charge in [-0.1, -0.05) is 0 Å². The molecule has 0 aliphatic rings. The number of nitrogens with one attached hydrogen (secondary N) is 1. The van der Waals surface area contributed by atoms with E-state index in [2.05, 4.69) is 10.3 Å². The number of anilines is 1. The fourth-order valence-electron chi connectivity index (χ4n) is 1.29. The molecular formula is C11H17N3O3. The van der Waals surface area contributed by atoms with Crippen molar-refractivity contribution in [1.82, 2.24) is 4.98 Å². The summed E-state index contributed by atoms with van der Waals surface area (Å²) in [5.74, 6) is -0.205. The maximum Gasteiger partial charge on any atom is 0.228 e. The summed E-state index contributed by atoms with van der Waals surface area (Å²) in [6, 6.07) is 3.14. The van der Waals surface area contributed by atoms with Crippen LogP contribution in [0, 0.1) is 6.92 Å². The van der Waals surface area contributed by atoms with Crippen LogP contribution in [0.2, 0.25) is 0 Å². The van der Waals surface area contributed by atoms with Gasteiger partial charge in [0.25, 0.3) is 0 Å². The fourth-order valence-corrected chi connectivity index (χ4v) is 1.29. The molecule has 6 heteroatoms. The normalized spacial score (nSPS) is 12.2. The van der Waals surface area contributed by atoms with Crippen LogP contribution in [-0.4, -0.2) is 35.8 Å². The number of aromatic hydroxyl groups is 1. The first kappa shape index (κ1) is 13.4. The molecule has 1 heterocycles. The predicted molar refractivity (Wildman–Crippen MR) is 63.7 cm³/mol. The molecule has 0 aliphatic carbocycles. The Hall–Kier alpha value is -1.66. The average Bonchev–Trinajstić information content (AvgIpc) is 2.31. The number of nitrogens with two attached hydrogens (primary N) is 1. The van der Waals surface area contributed by atoms with Crippen LogP contribution >= 0.6 is 0 Å². The van der Waals surface area contributed by atoms with Gasteiger partial charge in [-0.05, 0) is 19.1 Å². The lowest BCUT2D eigenvalue weighted by molar-refractivity contribution is -0.118. The van der Waals surface area contributed by atoms with Crippen molar-refractivity contribution in [3.05, 3.63) is 17.8 Å². The minimum Gasteiger partial charge on any atom is -0.504 e. The number of aryl methyl sites for hydroxylation is 1. The first-order valence-corrected chi connectivity index (χ1v) is 5.26. The zero-order valence-corrected chi connectivity index (χ0v) is 9.93. The number of carbonyl (C=O) groups excluding carboxylic acids is 1. The number of ether oxygens (including phenoxy) is 1. The van der Waals surface area contributed by atoms with E-state index in [0.29, 0.717) is 5.69 Å². The Morgan fingerprint density at radius 1 is 1.65 bits per heavy atom. The van der Waals surface area contributed by atoms with Crippen molar-refractivity contribution in [2.75, 3.05) is 19.0 Å². The van der Waals surface area contributed by atoms with Gasteiger partial charge in [0.2, 0.25) is 5.91 Å². The summed E-state index contributed by atoms with van der Waals surface area (Å²) in [7, 11) is 1.49. The third-order valence-corrected chi connectivity index (χ3v) is 2.28. The largest absolute Gasteiger partial charge is 0.504 e. The highest BCUT2D eigenvalue weighted by molar-refractivity contribution is 5.91. The number of hydrogen-bond acceptors (Lipinski definition) is 5. The molecule has 1 rings (SSSR count). The van der Waals surface area contributed by atoms with E-state index in [9.17, 15) is 9.90 Å². The zero-order chi connectivity index (χ0) is 12.8. The van der Waals surface area contributed by atoms with Crippen LogP contribution in [-0.2, 0) is 9.53 Å². The smallest absolute Gasteiger partial charge is 0.228 e. The Labute approximate surface area is 99.8 Å². The summed E-state index contributed by atoms with van der Waals surface area (Å²) in [5, 5.41) is 12.0. The van der Waals surface area contributed by atoms with E-state index in [1.807, 2.05) is 0 Å². The molecule has 17 heavy (non-hydrogen) atoms. The molecule has 1 amide bonds. The zero-order valence-electron chi connectivity index (χ0n) is 9.93. The van der Waals surface area contributed by atoms with Crippen LogP contribution in [0.15, 0.2) is 12.1 Å². The minimum atomic E-state index is -0.332. The number of carbonyl (C=O) groups is 1. The van der Waals surface area contributed by atoms with E-state index in [1.54, 1.807) is 13.0 Å². The van der Waals surface area contributed by atoms with Gasteiger partial charge in [0.15, 0.2) is 11.6 Å². The van der Waals surface area contributed by atoms with Gasteiger partial charge < -0.3 is 20.9 Å². The number of nitrogens with zero attached hydrogens (tertiary/aromatic N) is 1. The highest BCUT2D eigenvalue weighted by Gasteiger charge is 2.13. The molecule has 0 aromatic carbocycles. The molecular weight excluding hydrogens is 222 g/mol. The van der Waals surface area contributed by atoms with Crippen molar-refractivity contribution in [2.24, 2.45) is 5.73 Å². The molecule has 4 N–H and O–H groups in total. The second kappa shape index (κ2) is 6.17. The van der Waals surface area contributed by atoms with Gasteiger partial charge >= 0.3 is 0 Å². The standard InChI is InChI=1S/C11H17N3O3/c1-7-3-4-9(15)11(13-7)14-10(16)5-8(6-12)17-2/h3-4,8,15H,5-6,12H2,1-2H3,(H,13,14,16). The molecule has 0 radical (unpaired) electrons. The topological polar surface area (TPSA) is 97.5 Å². The predicted octanol–water partition coefficient (Wildman–Crippen LogP) is 0.398. The molecule has 0 bridgehead atoms. The summed E-state index contributed by atoms with van der Waals surface area (Å²) >= 11 is 0. The van der Waals surface area contributed by atoms with Crippen molar-refractivity contribution in [3.63, 3.8) is 0 Å². The quantitative estimate of drug-likeness (QED) is 0.691. The highest BCUT2D eigenvalue weighted by atomic mass is 16.5. The number of hydrogen-bond donors (Lipinski definition) is 3. The van der Waals surface area contributed by atoms with Gasteiger partial charge in [0.1, 0.15) is 0 Å². The SMILES string of the molecule is COC(CN)CC(=O)Nc1nc(C)ccc1O. The van der Waals surface area contributed by atoms with Gasteiger partial charge in [-0.15, -0.1) is 0 Å². The summed E-state index contributed by atoms with van der Waals surface area (Å²) in [5.41, 5.74) is 6.12. The molecule has 1 aromatic heterocycles. The second-order valence-electron chi connectivity index (χ2n) is 3.67. The summed E-state index contributed by atoms with van der Waals surface area (Å²) in [4.78, 5) is 15.6. The Balaban J connectivity index is 2.64. The molecule has 6 nitrogen and oxygen atoms in total. The van der Waals surface area contributed by atoms with Gasteiger partial charge in [-0.2, -0.15) is 0 Å². The highest BCUT2D eigenvalue weighted by Crippen LogP contribution is 2.20. The third kappa shape index (κ3) is 4.01. The average molecular weight is 239 g/mol. The van der Waals surface area contributed by atoms with Crippen molar-refractivity contribution >= 4 is 11.7 Å². The Morgan fingerprint density at radius 3 is 2.94 bits per heavy atom. The van der Waals surface area contributed by atoms with Crippen LogP contribution < -0.4 is 11.1 Å². The van der Waals surface area contributed by atoms with Gasteiger partial charge in [-0.25, -0.2) is 4.98 Å². The molecule has 1 aromatic rings.